The Labute approximate surface area is 163 Å². The molecule has 2 amide bonds. The first-order valence-electron chi connectivity index (χ1n) is 8.90. The van der Waals surface area contributed by atoms with Crippen LogP contribution >= 0.6 is 11.6 Å². The molecule has 1 aliphatic rings. The molecule has 6 nitrogen and oxygen atoms in total. The van der Waals surface area contributed by atoms with Crippen LogP contribution in [0.4, 0.5) is 11.4 Å². The molecule has 1 fully saturated rings. The van der Waals surface area contributed by atoms with E-state index in [4.69, 9.17) is 22.1 Å². The number of hydrogen-bond acceptors (Lipinski definition) is 4. The highest BCUT2D eigenvalue weighted by molar-refractivity contribution is 6.30. The minimum Gasteiger partial charge on any atom is -0.483 e. The van der Waals surface area contributed by atoms with Crippen molar-refractivity contribution in [1.29, 1.82) is 0 Å². The Morgan fingerprint density at radius 1 is 1.07 bits per heavy atom. The summed E-state index contributed by atoms with van der Waals surface area (Å²) in [6, 6.07) is 12.2. The molecule has 0 radical (unpaired) electrons. The summed E-state index contributed by atoms with van der Waals surface area (Å²) in [6.07, 6.45) is 3.72. The Morgan fingerprint density at radius 2 is 1.78 bits per heavy atom. The predicted molar refractivity (Wildman–Crippen MR) is 107 cm³/mol. The summed E-state index contributed by atoms with van der Waals surface area (Å²) < 4.78 is 5.43. The van der Waals surface area contributed by atoms with Gasteiger partial charge in [0, 0.05) is 29.5 Å². The maximum absolute atomic E-state index is 12.1. The predicted octanol–water partition coefficient (Wildman–Crippen LogP) is 3.45. The third kappa shape index (κ3) is 5.14. The summed E-state index contributed by atoms with van der Waals surface area (Å²) in [5.74, 6) is -0.794. The van der Waals surface area contributed by atoms with Crippen molar-refractivity contribution in [3.8, 4) is 5.75 Å². The van der Waals surface area contributed by atoms with Gasteiger partial charge in [0.25, 0.3) is 11.8 Å². The topological polar surface area (TPSA) is 84.7 Å². The Morgan fingerprint density at radius 3 is 2.44 bits per heavy atom. The summed E-state index contributed by atoms with van der Waals surface area (Å²) in [7, 11) is 0. The van der Waals surface area contributed by atoms with Crippen molar-refractivity contribution in [2.75, 3.05) is 29.9 Å². The van der Waals surface area contributed by atoms with Crippen LogP contribution in [0.25, 0.3) is 0 Å². The number of halogens is 1. The van der Waals surface area contributed by atoms with Crippen LogP contribution in [-0.2, 0) is 4.79 Å². The first-order chi connectivity index (χ1) is 13.0. The number of piperidine rings is 1. The molecule has 1 aliphatic heterocycles. The second kappa shape index (κ2) is 8.77. The number of rotatable bonds is 6. The first-order valence-corrected chi connectivity index (χ1v) is 9.28. The fourth-order valence-electron chi connectivity index (χ4n) is 3.07. The number of carbonyl (C=O) groups excluding carboxylic acids is 2. The Bertz CT molecular complexity index is 818. The lowest BCUT2D eigenvalue weighted by molar-refractivity contribution is -0.118. The zero-order valence-corrected chi connectivity index (χ0v) is 15.7. The number of nitrogens with zero attached hydrogens (tertiary/aromatic N) is 1. The molecular formula is C20H22ClN3O3. The molecular weight excluding hydrogens is 366 g/mol. The van der Waals surface area contributed by atoms with Gasteiger partial charge in [-0.1, -0.05) is 11.6 Å². The third-order valence-electron chi connectivity index (χ3n) is 4.44. The van der Waals surface area contributed by atoms with Gasteiger partial charge in [-0.05, 0) is 61.7 Å². The molecule has 0 spiro atoms. The van der Waals surface area contributed by atoms with E-state index in [0.717, 1.165) is 18.8 Å². The van der Waals surface area contributed by atoms with E-state index in [9.17, 15) is 9.59 Å². The summed E-state index contributed by atoms with van der Waals surface area (Å²) in [5, 5.41) is 3.17. The Kier molecular flexibility index (Phi) is 6.19. The lowest BCUT2D eigenvalue weighted by Gasteiger charge is -2.28. The largest absolute Gasteiger partial charge is 0.483 e. The smallest absolute Gasteiger partial charge is 0.262 e. The number of primary amides is 1. The van der Waals surface area contributed by atoms with E-state index >= 15 is 0 Å². The molecule has 3 rings (SSSR count). The van der Waals surface area contributed by atoms with E-state index in [1.165, 1.54) is 31.4 Å². The molecule has 3 N–H and O–H groups in total. The monoisotopic (exact) mass is 387 g/mol. The highest BCUT2D eigenvalue weighted by Crippen LogP contribution is 2.24. The number of anilines is 2. The van der Waals surface area contributed by atoms with E-state index < -0.39 is 5.91 Å². The van der Waals surface area contributed by atoms with Crippen LogP contribution in [0, 0.1) is 0 Å². The second-order valence-electron chi connectivity index (χ2n) is 6.44. The minimum atomic E-state index is -0.643. The van der Waals surface area contributed by atoms with E-state index in [-0.39, 0.29) is 23.8 Å². The van der Waals surface area contributed by atoms with Crippen LogP contribution in [0.15, 0.2) is 42.5 Å². The van der Waals surface area contributed by atoms with Crippen LogP contribution < -0.4 is 20.7 Å². The highest BCUT2D eigenvalue weighted by atomic mass is 35.5. The van der Waals surface area contributed by atoms with E-state index in [1.807, 2.05) is 24.3 Å². The molecule has 142 valence electrons. The Hall–Kier alpha value is -2.73. The fourth-order valence-corrected chi connectivity index (χ4v) is 3.23. The molecule has 7 heteroatoms. The second-order valence-corrected chi connectivity index (χ2v) is 6.87. The molecule has 0 aliphatic carbocycles. The molecule has 0 saturated carbocycles. The van der Waals surface area contributed by atoms with Crippen molar-refractivity contribution in [2.24, 2.45) is 5.73 Å². The molecule has 0 atom stereocenters. The molecule has 0 bridgehead atoms. The molecule has 0 unspecified atom stereocenters. The molecule has 2 aromatic carbocycles. The van der Waals surface area contributed by atoms with Gasteiger partial charge in [-0.15, -0.1) is 0 Å². The number of benzene rings is 2. The van der Waals surface area contributed by atoms with Crippen molar-refractivity contribution in [3.05, 3.63) is 53.1 Å². The van der Waals surface area contributed by atoms with Gasteiger partial charge in [0.05, 0.1) is 5.56 Å². The normalized spacial score (nSPS) is 13.9. The van der Waals surface area contributed by atoms with Crippen LogP contribution in [-0.4, -0.2) is 31.5 Å². The summed E-state index contributed by atoms with van der Waals surface area (Å²) in [4.78, 5) is 25.9. The zero-order valence-electron chi connectivity index (χ0n) is 14.9. The van der Waals surface area contributed by atoms with E-state index in [1.54, 1.807) is 6.07 Å². The SMILES string of the molecule is NC(=O)c1ccc(Cl)cc1OCC(=O)Nc1ccc(N2CCCCC2)cc1. The number of carbonyl (C=O) groups is 2. The van der Waals surface area contributed by atoms with Crippen LogP contribution in [0.2, 0.25) is 5.02 Å². The van der Waals surface area contributed by atoms with Crippen LogP contribution in [0.3, 0.4) is 0 Å². The lowest BCUT2D eigenvalue weighted by Crippen LogP contribution is -2.29. The number of nitrogens with two attached hydrogens (primary N) is 1. The van der Waals surface area contributed by atoms with Gasteiger partial charge < -0.3 is 20.7 Å². The maximum Gasteiger partial charge on any atom is 0.262 e. The minimum absolute atomic E-state index is 0.179. The van der Waals surface area contributed by atoms with Gasteiger partial charge in [-0.2, -0.15) is 0 Å². The van der Waals surface area contributed by atoms with Gasteiger partial charge in [-0.25, -0.2) is 0 Å². The molecule has 27 heavy (non-hydrogen) atoms. The Balaban J connectivity index is 1.56. The lowest BCUT2D eigenvalue weighted by atomic mass is 10.1. The van der Waals surface area contributed by atoms with E-state index in [0.29, 0.717) is 10.7 Å². The average molecular weight is 388 g/mol. The highest BCUT2D eigenvalue weighted by Gasteiger charge is 2.13. The quantitative estimate of drug-likeness (QED) is 0.795. The molecule has 2 aromatic rings. The first kappa shape index (κ1) is 19.0. The van der Waals surface area contributed by atoms with Crippen LogP contribution in [0.1, 0.15) is 29.6 Å². The maximum atomic E-state index is 12.1. The summed E-state index contributed by atoms with van der Waals surface area (Å²) >= 11 is 5.91. The van der Waals surface area contributed by atoms with Crippen molar-refractivity contribution < 1.29 is 14.3 Å². The number of nitrogens with one attached hydrogen (secondary N) is 1. The van der Waals surface area contributed by atoms with Crippen molar-refractivity contribution in [1.82, 2.24) is 0 Å². The average Bonchev–Trinajstić information content (AvgIpc) is 2.67. The van der Waals surface area contributed by atoms with Crippen molar-refractivity contribution in [2.45, 2.75) is 19.3 Å². The van der Waals surface area contributed by atoms with Gasteiger partial charge in [0.2, 0.25) is 0 Å². The zero-order chi connectivity index (χ0) is 19.2. The molecule has 1 heterocycles. The van der Waals surface area contributed by atoms with Crippen molar-refractivity contribution in [3.63, 3.8) is 0 Å². The summed E-state index contributed by atoms with van der Waals surface area (Å²) in [6.45, 7) is 1.89. The van der Waals surface area contributed by atoms with Gasteiger partial charge >= 0.3 is 0 Å². The van der Waals surface area contributed by atoms with Crippen LogP contribution in [0.5, 0.6) is 5.75 Å². The van der Waals surface area contributed by atoms with E-state index in [2.05, 4.69) is 10.2 Å². The summed E-state index contributed by atoms with van der Waals surface area (Å²) in [5.41, 5.74) is 7.33. The number of amides is 2. The van der Waals surface area contributed by atoms with Gasteiger partial charge in [0.15, 0.2) is 6.61 Å². The van der Waals surface area contributed by atoms with Crippen molar-refractivity contribution >= 4 is 34.8 Å². The van der Waals surface area contributed by atoms with Gasteiger partial charge in [-0.3, -0.25) is 9.59 Å². The number of ether oxygens (including phenoxy) is 1. The third-order valence-corrected chi connectivity index (χ3v) is 4.68. The molecule has 1 saturated heterocycles. The number of hydrogen-bond donors (Lipinski definition) is 2. The van der Waals surface area contributed by atoms with Gasteiger partial charge in [0.1, 0.15) is 5.75 Å². The molecule has 0 aromatic heterocycles. The fraction of sp³-hybridized carbons (Fsp3) is 0.300. The standard InChI is InChI=1S/C20H22ClN3O3/c21-14-4-9-17(20(22)26)18(12-14)27-13-19(25)23-15-5-7-16(8-6-15)24-10-2-1-3-11-24/h4-9,12H,1-3,10-11,13H2,(H2,22,26)(H,23,25).